The minimum Gasteiger partial charge on any atom is -0.415 e. The molecule has 5 nitrogen and oxygen atoms in total. The number of hydroxylamine groups is 1. The highest BCUT2D eigenvalue weighted by atomic mass is 28.4. The first-order chi connectivity index (χ1) is 7.81. The van der Waals surface area contributed by atoms with Crippen LogP contribution in [0.2, 0.25) is 18.1 Å². The summed E-state index contributed by atoms with van der Waals surface area (Å²) in [7, 11) is -1.70. The maximum atomic E-state index is 6.15. The van der Waals surface area contributed by atoms with E-state index in [2.05, 4.69) is 49.5 Å². The molecule has 0 radical (unpaired) electrons. The SMILES string of the molecule is CC(C)(C)[Si](C)(C)OCC1NOc2cn[nH]c21. The average molecular weight is 255 g/mol. The molecule has 0 aliphatic carbocycles. The van der Waals surface area contributed by atoms with Crippen LogP contribution in [0.15, 0.2) is 6.20 Å². The van der Waals surface area contributed by atoms with Gasteiger partial charge in [0, 0.05) is 0 Å². The van der Waals surface area contributed by atoms with Gasteiger partial charge in [0.25, 0.3) is 0 Å². The van der Waals surface area contributed by atoms with Gasteiger partial charge >= 0.3 is 0 Å². The van der Waals surface area contributed by atoms with Crippen molar-refractivity contribution >= 4 is 8.32 Å². The maximum Gasteiger partial charge on any atom is 0.192 e. The van der Waals surface area contributed by atoms with E-state index in [0.717, 1.165) is 11.4 Å². The Labute approximate surface area is 103 Å². The molecule has 0 fully saturated rings. The van der Waals surface area contributed by atoms with Gasteiger partial charge in [-0.2, -0.15) is 5.10 Å². The van der Waals surface area contributed by atoms with Crippen molar-refractivity contribution in [3.63, 3.8) is 0 Å². The number of nitrogens with zero attached hydrogens (tertiary/aromatic N) is 1. The van der Waals surface area contributed by atoms with E-state index < -0.39 is 8.32 Å². The molecular formula is C11H21N3O2Si. The summed E-state index contributed by atoms with van der Waals surface area (Å²) in [6.07, 6.45) is 1.68. The van der Waals surface area contributed by atoms with Gasteiger partial charge in [0.1, 0.15) is 11.7 Å². The molecule has 1 atom stereocenters. The molecule has 96 valence electrons. The average Bonchev–Trinajstić information content (AvgIpc) is 2.74. The standard InChI is InChI=1S/C11H21N3O2Si/c1-11(2,3)17(4,5)15-7-8-10-9(16-14-8)6-12-13-10/h6,8,14H,7H2,1-5H3,(H,12,13). The topological polar surface area (TPSA) is 59.2 Å². The number of aromatic nitrogens is 2. The van der Waals surface area contributed by atoms with Gasteiger partial charge in [-0.3, -0.25) is 5.10 Å². The van der Waals surface area contributed by atoms with Crippen LogP contribution in [-0.4, -0.2) is 25.1 Å². The molecule has 0 amide bonds. The van der Waals surface area contributed by atoms with Crippen molar-refractivity contribution in [2.75, 3.05) is 6.61 Å². The summed E-state index contributed by atoms with van der Waals surface area (Å²) in [5, 5.41) is 7.12. The van der Waals surface area contributed by atoms with E-state index in [1.165, 1.54) is 0 Å². The Morgan fingerprint density at radius 2 is 2.18 bits per heavy atom. The minimum atomic E-state index is -1.70. The Hall–Kier alpha value is -0.853. The van der Waals surface area contributed by atoms with Crippen molar-refractivity contribution in [1.29, 1.82) is 0 Å². The summed E-state index contributed by atoms with van der Waals surface area (Å²) in [6, 6.07) is 0.0571. The number of hydrogen-bond acceptors (Lipinski definition) is 4. The number of H-pyrrole nitrogens is 1. The van der Waals surface area contributed by atoms with Crippen molar-refractivity contribution in [2.45, 2.75) is 44.9 Å². The first kappa shape index (κ1) is 12.6. The third-order valence-electron chi connectivity index (χ3n) is 3.71. The third-order valence-corrected chi connectivity index (χ3v) is 8.21. The lowest BCUT2D eigenvalue weighted by Crippen LogP contribution is -2.42. The molecular weight excluding hydrogens is 234 g/mol. The van der Waals surface area contributed by atoms with Crippen LogP contribution in [0.4, 0.5) is 0 Å². The van der Waals surface area contributed by atoms with E-state index in [0.29, 0.717) is 6.61 Å². The van der Waals surface area contributed by atoms with E-state index >= 15 is 0 Å². The molecule has 0 bridgehead atoms. The molecule has 1 aromatic heterocycles. The van der Waals surface area contributed by atoms with E-state index in [1.807, 2.05) is 0 Å². The second-order valence-electron chi connectivity index (χ2n) is 5.99. The molecule has 1 aromatic rings. The highest BCUT2D eigenvalue weighted by Gasteiger charge is 2.38. The molecule has 1 aliphatic rings. The van der Waals surface area contributed by atoms with Gasteiger partial charge in [0.05, 0.1) is 12.8 Å². The van der Waals surface area contributed by atoms with Crippen molar-refractivity contribution in [3.05, 3.63) is 11.9 Å². The Bertz CT molecular complexity index is 398. The van der Waals surface area contributed by atoms with Gasteiger partial charge in [0.15, 0.2) is 14.1 Å². The number of nitrogens with one attached hydrogen (secondary N) is 2. The molecule has 0 saturated heterocycles. The van der Waals surface area contributed by atoms with Gasteiger partial charge in [-0.15, -0.1) is 5.48 Å². The lowest BCUT2D eigenvalue weighted by atomic mass is 10.2. The fourth-order valence-corrected chi connectivity index (χ4v) is 2.45. The van der Waals surface area contributed by atoms with Crippen LogP contribution in [0.5, 0.6) is 5.75 Å². The Morgan fingerprint density at radius 3 is 2.82 bits per heavy atom. The Morgan fingerprint density at radius 1 is 1.47 bits per heavy atom. The molecule has 0 spiro atoms. The summed E-state index contributed by atoms with van der Waals surface area (Å²) in [4.78, 5) is 5.29. The lowest BCUT2D eigenvalue weighted by Gasteiger charge is -2.36. The number of fused-ring (bicyclic) bond motifs is 1. The van der Waals surface area contributed by atoms with Gasteiger partial charge in [0.2, 0.25) is 0 Å². The highest BCUT2D eigenvalue weighted by molar-refractivity contribution is 6.74. The maximum absolute atomic E-state index is 6.15. The van der Waals surface area contributed by atoms with Crippen molar-refractivity contribution in [3.8, 4) is 5.75 Å². The normalized spacial score (nSPS) is 20.2. The number of rotatable bonds is 3. The van der Waals surface area contributed by atoms with Gasteiger partial charge in [-0.25, -0.2) is 0 Å². The molecule has 6 heteroatoms. The van der Waals surface area contributed by atoms with Gasteiger partial charge in [-0.1, -0.05) is 20.8 Å². The predicted octanol–water partition coefficient (Wildman–Crippen LogP) is 2.37. The van der Waals surface area contributed by atoms with Crippen LogP contribution >= 0.6 is 0 Å². The zero-order valence-corrected chi connectivity index (χ0v) is 12.1. The first-order valence-electron chi connectivity index (χ1n) is 5.91. The van der Waals surface area contributed by atoms with Crippen LogP contribution in [0, 0.1) is 0 Å². The number of hydrogen-bond donors (Lipinski definition) is 2. The Balaban J connectivity index is 1.97. The van der Waals surface area contributed by atoms with Crippen LogP contribution in [0.3, 0.4) is 0 Å². The largest absolute Gasteiger partial charge is 0.415 e. The zero-order valence-electron chi connectivity index (χ0n) is 11.1. The van der Waals surface area contributed by atoms with E-state index in [-0.39, 0.29) is 11.1 Å². The van der Waals surface area contributed by atoms with Crippen molar-refractivity contribution < 1.29 is 9.26 Å². The van der Waals surface area contributed by atoms with Crippen molar-refractivity contribution in [1.82, 2.24) is 15.7 Å². The van der Waals surface area contributed by atoms with Gasteiger partial charge < -0.3 is 9.26 Å². The van der Waals surface area contributed by atoms with E-state index in [9.17, 15) is 0 Å². The molecule has 0 saturated carbocycles. The second-order valence-corrected chi connectivity index (χ2v) is 10.8. The molecule has 1 aliphatic heterocycles. The molecule has 2 heterocycles. The molecule has 2 rings (SSSR count). The summed E-state index contributed by atoms with van der Waals surface area (Å²) in [5.74, 6) is 0.772. The monoisotopic (exact) mass is 255 g/mol. The Kier molecular flexibility index (Phi) is 3.05. The molecule has 0 aromatic carbocycles. The third kappa shape index (κ3) is 2.38. The fraction of sp³-hybridized carbons (Fsp3) is 0.727. The van der Waals surface area contributed by atoms with Crippen LogP contribution < -0.4 is 10.3 Å². The smallest absolute Gasteiger partial charge is 0.192 e. The van der Waals surface area contributed by atoms with Crippen LogP contribution in [-0.2, 0) is 4.43 Å². The molecule has 1 unspecified atom stereocenters. The zero-order chi connectivity index (χ0) is 12.7. The summed E-state index contributed by atoms with van der Waals surface area (Å²) >= 11 is 0. The van der Waals surface area contributed by atoms with Gasteiger partial charge in [-0.05, 0) is 18.1 Å². The van der Waals surface area contributed by atoms with E-state index in [1.54, 1.807) is 6.20 Å². The highest BCUT2D eigenvalue weighted by Crippen LogP contribution is 2.38. The molecule has 2 N–H and O–H groups in total. The number of aromatic amines is 1. The summed E-state index contributed by atoms with van der Waals surface area (Å²) in [6.45, 7) is 11.8. The predicted molar refractivity (Wildman–Crippen MR) is 68.2 cm³/mol. The van der Waals surface area contributed by atoms with E-state index in [4.69, 9.17) is 9.26 Å². The fourth-order valence-electron chi connectivity index (χ4n) is 1.44. The van der Waals surface area contributed by atoms with Crippen LogP contribution in [0.25, 0.3) is 0 Å². The second kappa shape index (κ2) is 4.11. The molecule has 17 heavy (non-hydrogen) atoms. The summed E-state index contributed by atoms with van der Waals surface area (Å²) in [5.41, 5.74) is 3.93. The first-order valence-corrected chi connectivity index (χ1v) is 8.82. The van der Waals surface area contributed by atoms with Crippen LogP contribution in [0.1, 0.15) is 32.5 Å². The lowest BCUT2D eigenvalue weighted by molar-refractivity contribution is 0.147. The minimum absolute atomic E-state index is 0.0571. The van der Waals surface area contributed by atoms with Crippen molar-refractivity contribution in [2.24, 2.45) is 0 Å². The summed E-state index contributed by atoms with van der Waals surface area (Å²) < 4.78 is 6.15. The quantitative estimate of drug-likeness (QED) is 0.814.